The fraction of sp³-hybridized carbons (Fsp3) is 0.600. The van der Waals surface area contributed by atoms with E-state index in [1.165, 1.54) is 0 Å². The van der Waals surface area contributed by atoms with Gasteiger partial charge in [0.2, 0.25) is 5.91 Å². The SMILES string of the molecule is CN=C(NCc1ccc(C(N)=O)cc1)NCC(CC(C)C)N1CCOCC1.I. The highest BCUT2D eigenvalue weighted by atomic mass is 127. The van der Waals surface area contributed by atoms with E-state index in [1.54, 1.807) is 19.2 Å². The molecular weight excluding hydrogens is 469 g/mol. The summed E-state index contributed by atoms with van der Waals surface area (Å²) in [5, 5.41) is 6.78. The van der Waals surface area contributed by atoms with Crippen LogP contribution in [-0.4, -0.2) is 62.7 Å². The molecule has 7 nitrogen and oxygen atoms in total. The molecule has 1 aliphatic heterocycles. The summed E-state index contributed by atoms with van der Waals surface area (Å²) in [7, 11) is 1.78. The van der Waals surface area contributed by atoms with Crippen molar-refractivity contribution in [3.63, 3.8) is 0 Å². The predicted molar refractivity (Wildman–Crippen MR) is 124 cm³/mol. The van der Waals surface area contributed by atoms with Crippen molar-refractivity contribution in [2.45, 2.75) is 32.9 Å². The second-order valence-corrected chi connectivity index (χ2v) is 7.30. The Hall–Kier alpha value is -1.39. The third-order valence-corrected chi connectivity index (χ3v) is 4.73. The van der Waals surface area contributed by atoms with Gasteiger partial charge in [-0.2, -0.15) is 0 Å². The van der Waals surface area contributed by atoms with Crippen LogP contribution < -0.4 is 16.4 Å². The number of nitrogens with two attached hydrogens (primary N) is 1. The molecule has 0 saturated carbocycles. The van der Waals surface area contributed by atoms with Crippen molar-refractivity contribution in [3.05, 3.63) is 35.4 Å². The Morgan fingerprint density at radius 2 is 1.86 bits per heavy atom. The maximum atomic E-state index is 11.1. The van der Waals surface area contributed by atoms with Gasteiger partial charge in [-0.3, -0.25) is 14.7 Å². The third kappa shape index (κ3) is 8.32. The number of rotatable bonds is 8. The first-order chi connectivity index (χ1) is 13.0. The molecule has 1 unspecified atom stereocenters. The Morgan fingerprint density at radius 1 is 1.21 bits per heavy atom. The number of nitrogens with one attached hydrogen (secondary N) is 2. The minimum absolute atomic E-state index is 0. The average Bonchev–Trinajstić information content (AvgIpc) is 2.67. The molecule has 1 aromatic rings. The molecule has 1 heterocycles. The number of ether oxygens (including phenoxy) is 1. The average molecular weight is 503 g/mol. The second kappa shape index (κ2) is 12.9. The molecule has 0 aliphatic carbocycles. The molecule has 28 heavy (non-hydrogen) atoms. The van der Waals surface area contributed by atoms with Gasteiger partial charge in [0.25, 0.3) is 0 Å². The van der Waals surface area contributed by atoms with E-state index in [2.05, 4.69) is 34.4 Å². The van der Waals surface area contributed by atoms with Gasteiger partial charge in [-0.25, -0.2) is 0 Å². The Kier molecular flexibility index (Phi) is 11.4. The summed E-state index contributed by atoms with van der Waals surface area (Å²) in [4.78, 5) is 18.0. The van der Waals surface area contributed by atoms with Crippen LogP contribution in [0.4, 0.5) is 0 Å². The van der Waals surface area contributed by atoms with Crippen LogP contribution in [0.1, 0.15) is 36.2 Å². The van der Waals surface area contributed by atoms with Gasteiger partial charge in [0.05, 0.1) is 13.2 Å². The van der Waals surface area contributed by atoms with Crippen LogP contribution in [0.3, 0.4) is 0 Å². The molecule has 1 aliphatic rings. The van der Waals surface area contributed by atoms with Crippen LogP contribution in [0.25, 0.3) is 0 Å². The smallest absolute Gasteiger partial charge is 0.248 e. The Balaban J connectivity index is 0.00000392. The molecule has 1 atom stereocenters. The summed E-state index contributed by atoms with van der Waals surface area (Å²) in [6.07, 6.45) is 1.14. The van der Waals surface area contributed by atoms with Crippen molar-refractivity contribution in [1.29, 1.82) is 0 Å². The number of hydrogen-bond donors (Lipinski definition) is 3. The number of benzene rings is 1. The van der Waals surface area contributed by atoms with Crippen LogP contribution >= 0.6 is 24.0 Å². The molecule has 1 saturated heterocycles. The summed E-state index contributed by atoms with van der Waals surface area (Å²) in [5.41, 5.74) is 6.86. The molecule has 0 aromatic heterocycles. The highest BCUT2D eigenvalue weighted by molar-refractivity contribution is 14.0. The number of hydrogen-bond acceptors (Lipinski definition) is 4. The first kappa shape index (κ1) is 24.6. The van der Waals surface area contributed by atoms with Crippen molar-refractivity contribution < 1.29 is 9.53 Å². The van der Waals surface area contributed by atoms with Crippen LogP contribution in [0, 0.1) is 5.92 Å². The van der Waals surface area contributed by atoms with E-state index in [1.807, 2.05) is 12.1 Å². The zero-order valence-corrected chi connectivity index (χ0v) is 19.4. The molecule has 1 fully saturated rings. The fourth-order valence-electron chi connectivity index (χ4n) is 3.26. The molecule has 0 bridgehead atoms. The first-order valence-electron chi connectivity index (χ1n) is 9.64. The Bertz CT molecular complexity index is 616. The lowest BCUT2D eigenvalue weighted by atomic mass is 10.0. The maximum absolute atomic E-state index is 11.1. The third-order valence-electron chi connectivity index (χ3n) is 4.73. The molecule has 1 aromatic carbocycles. The predicted octanol–water partition coefficient (Wildman–Crippen LogP) is 1.82. The number of primary amides is 1. The monoisotopic (exact) mass is 503 g/mol. The van der Waals surface area contributed by atoms with Gasteiger partial charge in [-0.1, -0.05) is 26.0 Å². The van der Waals surface area contributed by atoms with Crippen molar-refractivity contribution in [2.24, 2.45) is 16.6 Å². The molecule has 158 valence electrons. The molecule has 2 rings (SSSR count). The summed E-state index contributed by atoms with van der Waals surface area (Å²) in [5.74, 6) is 1.00. The van der Waals surface area contributed by atoms with E-state index >= 15 is 0 Å². The van der Waals surface area contributed by atoms with E-state index in [0.29, 0.717) is 24.1 Å². The molecule has 0 spiro atoms. The van der Waals surface area contributed by atoms with Gasteiger partial charge >= 0.3 is 0 Å². The summed E-state index contributed by atoms with van der Waals surface area (Å²) < 4.78 is 5.49. The zero-order valence-electron chi connectivity index (χ0n) is 17.1. The number of carbonyl (C=O) groups excluding carboxylic acids is 1. The van der Waals surface area contributed by atoms with Gasteiger partial charge in [0.15, 0.2) is 5.96 Å². The van der Waals surface area contributed by atoms with Crippen LogP contribution in [0.5, 0.6) is 0 Å². The normalized spacial score (nSPS) is 16.4. The van der Waals surface area contributed by atoms with Gasteiger partial charge < -0.3 is 21.1 Å². The Morgan fingerprint density at radius 3 is 2.39 bits per heavy atom. The maximum Gasteiger partial charge on any atom is 0.248 e. The van der Waals surface area contributed by atoms with Crippen molar-refractivity contribution in [2.75, 3.05) is 39.9 Å². The van der Waals surface area contributed by atoms with Crippen LogP contribution in [-0.2, 0) is 11.3 Å². The Labute approximate surface area is 185 Å². The lowest BCUT2D eigenvalue weighted by Crippen LogP contribution is -2.50. The second-order valence-electron chi connectivity index (χ2n) is 7.30. The fourth-order valence-corrected chi connectivity index (χ4v) is 3.26. The number of nitrogens with zero attached hydrogens (tertiary/aromatic N) is 2. The summed E-state index contributed by atoms with van der Waals surface area (Å²) in [6, 6.07) is 7.74. The number of guanidine groups is 1. The minimum Gasteiger partial charge on any atom is -0.379 e. The number of morpholine rings is 1. The number of halogens is 1. The van der Waals surface area contributed by atoms with E-state index in [0.717, 1.165) is 50.8 Å². The van der Waals surface area contributed by atoms with E-state index in [-0.39, 0.29) is 24.0 Å². The number of carbonyl (C=O) groups is 1. The first-order valence-corrected chi connectivity index (χ1v) is 9.64. The lowest BCUT2D eigenvalue weighted by molar-refractivity contribution is 0.0132. The molecule has 4 N–H and O–H groups in total. The van der Waals surface area contributed by atoms with E-state index in [4.69, 9.17) is 10.5 Å². The molecular formula is C20H34IN5O2. The van der Waals surface area contributed by atoms with Gasteiger partial charge in [0.1, 0.15) is 0 Å². The van der Waals surface area contributed by atoms with Crippen LogP contribution in [0.2, 0.25) is 0 Å². The van der Waals surface area contributed by atoms with Gasteiger partial charge in [-0.15, -0.1) is 24.0 Å². The largest absolute Gasteiger partial charge is 0.379 e. The van der Waals surface area contributed by atoms with Crippen molar-refractivity contribution in [1.82, 2.24) is 15.5 Å². The summed E-state index contributed by atoms with van der Waals surface area (Å²) in [6.45, 7) is 9.58. The number of aliphatic imine (C=N–C) groups is 1. The van der Waals surface area contributed by atoms with Crippen molar-refractivity contribution >= 4 is 35.8 Å². The minimum atomic E-state index is -0.411. The topological polar surface area (TPSA) is 92.0 Å². The summed E-state index contributed by atoms with van der Waals surface area (Å²) >= 11 is 0. The highest BCUT2D eigenvalue weighted by Crippen LogP contribution is 2.13. The molecule has 8 heteroatoms. The van der Waals surface area contributed by atoms with Gasteiger partial charge in [0, 0.05) is 44.8 Å². The lowest BCUT2D eigenvalue weighted by Gasteiger charge is -2.35. The number of amides is 1. The highest BCUT2D eigenvalue weighted by Gasteiger charge is 2.22. The zero-order chi connectivity index (χ0) is 19.6. The van der Waals surface area contributed by atoms with Crippen LogP contribution in [0.15, 0.2) is 29.3 Å². The van der Waals surface area contributed by atoms with E-state index < -0.39 is 5.91 Å². The van der Waals surface area contributed by atoms with Gasteiger partial charge in [-0.05, 0) is 30.0 Å². The quantitative estimate of drug-likeness (QED) is 0.286. The standard InChI is InChI=1S/C20H33N5O2.HI/c1-15(2)12-18(25-8-10-27-11-9-25)14-24-20(22-3)23-13-16-4-6-17(7-5-16)19(21)26;/h4-7,15,18H,8-14H2,1-3H3,(H2,21,26)(H2,22,23,24);1H. The van der Waals surface area contributed by atoms with Crippen molar-refractivity contribution in [3.8, 4) is 0 Å². The molecule has 0 radical (unpaired) electrons. The van der Waals surface area contributed by atoms with E-state index in [9.17, 15) is 4.79 Å². The molecule has 1 amide bonds.